The standard InChI is InChI=1S/C11H12N4OS/c1-8(3-4-12)14(2)10-9(7-16)15-5-6-17-11(15)13-10/h5-8H,3H2,1-2H3. The maximum absolute atomic E-state index is 11.1. The summed E-state index contributed by atoms with van der Waals surface area (Å²) in [6, 6.07) is 2.15. The highest BCUT2D eigenvalue weighted by molar-refractivity contribution is 7.15. The average Bonchev–Trinajstić information content (AvgIpc) is 2.87. The van der Waals surface area contributed by atoms with E-state index in [0.29, 0.717) is 17.9 Å². The monoisotopic (exact) mass is 248 g/mol. The van der Waals surface area contributed by atoms with E-state index >= 15 is 0 Å². The van der Waals surface area contributed by atoms with E-state index in [4.69, 9.17) is 5.26 Å². The van der Waals surface area contributed by atoms with Crippen molar-refractivity contribution in [2.45, 2.75) is 19.4 Å². The van der Waals surface area contributed by atoms with Gasteiger partial charge >= 0.3 is 0 Å². The fourth-order valence-corrected chi connectivity index (χ4v) is 2.35. The molecule has 6 heteroatoms. The Kier molecular flexibility index (Phi) is 3.11. The highest BCUT2D eigenvalue weighted by atomic mass is 32.1. The summed E-state index contributed by atoms with van der Waals surface area (Å²) in [4.78, 5) is 18.2. The molecule has 0 spiro atoms. The van der Waals surface area contributed by atoms with Crippen LogP contribution in [0.15, 0.2) is 11.6 Å². The number of imidazole rings is 1. The molecule has 17 heavy (non-hydrogen) atoms. The molecule has 0 fully saturated rings. The lowest BCUT2D eigenvalue weighted by Crippen LogP contribution is -2.29. The van der Waals surface area contributed by atoms with Gasteiger partial charge in [-0.15, -0.1) is 11.3 Å². The maximum Gasteiger partial charge on any atom is 0.196 e. The van der Waals surface area contributed by atoms with Crippen LogP contribution < -0.4 is 4.90 Å². The lowest BCUT2D eigenvalue weighted by molar-refractivity contribution is 0.111. The van der Waals surface area contributed by atoms with Gasteiger partial charge in [0.05, 0.1) is 12.5 Å². The molecule has 0 N–H and O–H groups in total. The van der Waals surface area contributed by atoms with Crippen LogP contribution in [0.4, 0.5) is 5.82 Å². The van der Waals surface area contributed by atoms with E-state index in [-0.39, 0.29) is 6.04 Å². The first-order valence-corrected chi connectivity index (χ1v) is 6.07. The summed E-state index contributed by atoms with van der Waals surface area (Å²) in [7, 11) is 1.85. The smallest absolute Gasteiger partial charge is 0.196 e. The van der Waals surface area contributed by atoms with E-state index in [1.54, 1.807) is 4.40 Å². The Morgan fingerprint density at radius 1 is 1.76 bits per heavy atom. The van der Waals surface area contributed by atoms with E-state index in [0.717, 1.165) is 11.2 Å². The molecule has 0 saturated carbocycles. The van der Waals surface area contributed by atoms with Crippen LogP contribution >= 0.6 is 11.3 Å². The number of fused-ring (bicyclic) bond motifs is 1. The van der Waals surface area contributed by atoms with E-state index in [1.807, 2.05) is 30.4 Å². The van der Waals surface area contributed by atoms with Crippen LogP contribution in [0.1, 0.15) is 23.8 Å². The molecular formula is C11H12N4OS. The Balaban J connectivity index is 2.44. The van der Waals surface area contributed by atoms with Gasteiger partial charge < -0.3 is 4.90 Å². The van der Waals surface area contributed by atoms with Gasteiger partial charge in [-0.3, -0.25) is 9.20 Å². The van der Waals surface area contributed by atoms with Crippen LogP contribution in [0, 0.1) is 11.3 Å². The minimum atomic E-state index is 0.0308. The van der Waals surface area contributed by atoms with Crippen LogP contribution in [0.5, 0.6) is 0 Å². The summed E-state index contributed by atoms with van der Waals surface area (Å²) in [5, 5.41) is 10.6. The van der Waals surface area contributed by atoms with Gasteiger partial charge in [0.25, 0.3) is 0 Å². The first-order valence-electron chi connectivity index (χ1n) is 5.19. The second kappa shape index (κ2) is 4.55. The van der Waals surface area contributed by atoms with Gasteiger partial charge in [-0.25, -0.2) is 4.98 Å². The van der Waals surface area contributed by atoms with Gasteiger partial charge in [0.2, 0.25) is 0 Å². The molecule has 5 nitrogen and oxygen atoms in total. The number of aldehydes is 1. The highest BCUT2D eigenvalue weighted by Crippen LogP contribution is 2.24. The van der Waals surface area contributed by atoms with Crippen molar-refractivity contribution in [2.24, 2.45) is 0 Å². The van der Waals surface area contributed by atoms with Gasteiger partial charge in [-0.2, -0.15) is 5.26 Å². The third-order valence-corrected chi connectivity index (χ3v) is 3.53. The largest absolute Gasteiger partial charge is 0.354 e. The lowest BCUT2D eigenvalue weighted by Gasteiger charge is -2.22. The predicted octanol–water partition coefficient (Wildman–Crippen LogP) is 1.95. The molecule has 0 amide bonds. The van der Waals surface area contributed by atoms with Crippen LogP contribution in [0.2, 0.25) is 0 Å². The molecule has 0 aliphatic heterocycles. The molecule has 2 heterocycles. The molecule has 0 aromatic carbocycles. The van der Waals surface area contributed by atoms with Crippen molar-refractivity contribution >= 4 is 28.4 Å². The normalized spacial score (nSPS) is 12.3. The van der Waals surface area contributed by atoms with Crippen molar-refractivity contribution in [3.63, 3.8) is 0 Å². The van der Waals surface area contributed by atoms with E-state index < -0.39 is 0 Å². The van der Waals surface area contributed by atoms with Gasteiger partial charge in [-0.1, -0.05) is 0 Å². The number of nitrogens with zero attached hydrogens (tertiary/aromatic N) is 4. The molecule has 0 aliphatic carbocycles. The summed E-state index contributed by atoms with van der Waals surface area (Å²) in [5.41, 5.74) is 0.536. The van der Waals surface area contributed by atoms with Crippen molar-refractivity contribution in [3.8, 4) is 6.07 Å². The van der Waals surface area contributed by atoms with Gasteiger partial charge in [0.1, 0.15) is 5.69 Å². The van der Waals surface area contributed by atoms with Gasteiger partial charge in [0, 0.05) is 24.7 Å². The summed E-state index contributed by atoms with van der Waals surface area (Å²) < 4.78 is 1.77. The van der Waals surface area contributed by atoms with Crippen LogP contribution in [0.3, 0.4) is 0 Å². The van der Waals surface area contributed by atoms with Crippen molar-refractivity contribution in [1.82, 2.24) is 9.38 Å². The minimum absolute atomic E-state index is 0.0308. The Morgan fingerprint density at radius 2 is 2.53 bits per heavy atom. The molecule has 0 aliphatic rings. The van der Waals surface area contributed by atoms with Crippen LogP contribution in [0.25, 0.3) is 4.96 Å². The first kappa shape index (κ1) is 11.6. The molecule has 1 atom stereocenters. The summed E-state index contributed by atoms with van der Waals surface area (Å²) in [6.45, 7) is 1.94. The number of thiazole rings is 1. The minimum Gasteiger partial charge on any atom is -0.354 e. The SMILES string of the molecule is CC(CC#N)N(C)c1nc2sccn2c1C=O. The van der Waals surface area contributed by atoms with Crippen molar-refractivity contribution in [1.29, 1.82) is 5.26 Å². The van der Waals surface area contributed by atoms with Crippen LogP contribution in [-0.4, -0.2) is 28.8 Å². The first-order chi connectivity index (χ1) is 8.19. The molecule has 88 valence electrons. The quantitative estimate of drug-likeness (QED) is 0.776. The van der Waals surface area contributed by atoms with Crippen LogP contribution in [-0.2, 0) is 0 Å². The fourth-order valence-electron chi connectivity index (χ4n) is 1.64. The second-order valence-electron chi connectivity index (χ2n) is 3.82. The number of aromatic nitrogens is 2. The molecule has 0 radical (unpaired) electrons. The van der Waals surface area contributed by atoms with Gasteiger partial charge in [0.15, 0.2) is 17.1 Å². The maximum atomic E-state index is 11.1. The number of nitriles is 1. The number of hydrogen-bond donors (Lipinski definition) is 0. The Bertz CT molecular complexity index is 580. The van der Waals surface area contributed by atoms with E-state index in [2.05, 4.69) is 11.1 Å². The predicted molar refractivity (Wildman–Crippen MR) is 66.6 cm³/mol. The number of rotatable bonds is 4. The molecule has 2 aromatic heterocycles. The topological polar surface area (TPSA) is 61.4 Å². The zero-order chi connectivity index (χ0) is 12.4. The molecule has 0 saturated heterocycles. The van der Waals surface area contributed by atoms with Gasteiger partial charge in [-0.05, 0) is 6.92 Å². The van der Waals surface area contributed by atoms with E-state index in [1.165, 1.54) is 11.3 Å². The average molecular weight is 248 g/mol. The third-order valence-electron chi connectivity index (χ3n) is 2.77. The number of carbonyl (C=O) groups is 1. The highest BCUT2D eigenvalue weighted by Gasteiger charge is 2.19. The Morgan fingerprint density at radius 3 is 3.18 bits per heavy atom. The molecule has 2 aromatic rings. The van der Waals surface area contributed by atoms with Crippen molar-refractivity contribution in [2.75, 3.05) is 11.9 Å². The lowest BCUT2D eigenvalue weighted by atomic mass is 10.2. The van der Waals surface area contributed by atoms with Crippen molar-refractivity contribution < 1.29 is 4.79 Å². The molecule has 2 rings (SSSR count). The second-order valence-corrected chi connectivity index (χ2v) is 4.69. The van der Waals surface area contributed by atoms with E-state index in [9.17, 15) is 4.79 Å². The van der Waals surface area contributed by atoms with Crippen molar-refractivity contribution in [3.05, 3.63) is 17.3 Å². The fraction of sp³-hybridized carbons (Fsp3) is 0.364. The number of hydrogen-bond acceptors (Lipinski definition) is 5. The molecule has 1 unspecified atom stereocenters. The Labute approximate surface area is 103 Å². The number of anilines is 1. The zero-order valence-electron chi connectivity index (χ0n) is 9.62. The third kappa shape index (κ3) is 1.89. The summed E-state index contributed by atoms with van der Waals surface area (Å²) in [5.74, 6) is 0.634. The molecular weight excluding hydrogens is 236 g/mol. The number of carbonyl (C=O) groups excluding carboxylic acids is 1. The molecule has 0 bridgehead atoms. The zero-order valence-corrected chi connectivity index (χ0v) is 10.4. The Hall–Kier alpha value is -1.87. The summed E-state index contributed by atoms with van der Waals surface area (Å²) >= 11 is 1.48. The summed E-state index contributed by atoms with van der Waals surface area (Å²) in [6.07, 6.45) is 3.03.